The van der Waals surface area contributed by atoms with E-state index in [1.807, 2.05) is 0 Å². The minimum Gasteiger partial charge on any atom is -0.389 e. The Morgan fingerprint density at radius 1 is 0.809 bits per heavy atom. The van der Waals surface area contributed by atoms with Crippen LogP contribution in [0.3, 0.4) is 0 Å². The Hall–Kier alpha value is -3.40. The topological polar surface area (TPSA) is 140 Å². The number of nitrogens with one attached hydrogen (secondary N) is 4. The van der Waals surface area contributed by atoms with Crippen LogP contribution in [0.25, 0.3) is 0 Å². The fourth-order valence-corrected chi connectivity index (χ4v) is 5.26. The Kier molecular flexibility index (Phi) is 15.0. The molecule has 0 bridgehead atoms. The maximum Gasteiger partial charge on any atom is 0.471 e. The number of amides is 4. The zero-order chi connectivity index (χ0) is 35.5. The largest absolute Gasteiger partial charge is 0.471 e. The molecular weight excluding hydrogens is 636 g/mol. The molecule has 4 amide bonds. The van der Waals surface area contributed by atoms with Gasteiger partial charge in [0.05, 0.1) is 18.7 Å². The number of rotatable bonds is 15. The molecule has 1 fully saturated rings. The lowest BCUT2D eigenvalue weighted by Gasteiger charge is -2.35. The van der Waals surface area contributed by atoms with E-state index in [9.17, 15) is 50.6 Å². The maximum atomic E-state index is 13.7. The van der Waals surface area contributed by atoms with Crippen molar-refractivity contribution in [3.63, 3.8) is 0 Å². The van der Waals surface area contributed by atoms with Gasteiger partial charge >= 0.3 is 24.2 Å². The highest BCUT2D eigenvalue weighted by molar-refractivity contribution is 5.91. The van der Waals surface area contributed by atoms with Crippen LogP contribution in [0, 0.1) is 17.8 Å². The summed E-state index contributed by atoms with van der Waals surface area (Å²) in [4.78, 5) is 50.4. The molecule has 0 aromatic heterocycles. The molecule has 0 spiro atoms. The first-order chi connectivity index (χ1) is 21.8. The number of hydrogen-bond donors (Lipinski definition) is 5. The molecule has 5 N–H and O–H groups in total. The maximum absolute atomic E-state index is 13.7. The Morgan fingerprint density at radius 3 is 1.81 bits per heavy atom. The zero-order valence-corrected chi connectivity index (χ0v) is 26.9. The summed E-state index contributed by atoms with van der Waals surface area (Å²) in [6.07, 6.45) is -7.57. The number of alkyl halides is 6. The van der Waals surface area contributed by atoms with Gasteiger partial charge in [0.1, 0.15) is 12.1 Å². The van der Waals surface area contributed by atoms with E-state index >= 15 is 0 Å². The Morgan fingerprint density at radius 2 is 1.32 bits per heavy atom. The number of hydrogen-bond acceptors (Lipinski definition) is 6. The van der Waals surface area contributed by atoms with E-state index in [1.54, 1.807) is 41.0 Å². The van der Waals surface area contributed by atoms with Gasteiger partial charge in [-0.2, -0.15) is 26.3 Å². The molecule has 1 aliphatic rings. The highest BCUT2D eigenvalue weighted by Crippen LogP contribution is 2.23. The fraction of sp³-hybridized carbons (Fsp3) is 0.677. The Labute approximate surface area is 270 Å². The second-order valence-corrected chi connectivity index (χ2v) is 12.6. The van der Waals surface area contributed by atoms with Crippen molar-refractivity contribution in [1.29, 1.82) is 0 Å². The SMILES string of the molecule is CC(C)[C@H](NC(=O)C(F)(F)F)C(=O)N[C@@H](Cc1ccccc1)C(O)CN(NCC1CCCCC1)C(=O)[C@@H](NC(=O)C(F)(F)F)C(C)C. The standard InChI is InChI=1S/C31H45F6N5O5/c1-18(2)24(40-28(46)30(32,33)34)26(44)39-22(15-20-11-7-5-8-12-20)23(43)17-42(38-16-21-13-9-6-10-14-21)27(45)25(19(3)4)41-29(47)31(35,36)37/h5,7-8,11-12,18-19,21-25,38,43H,6,9-10,13-17H2,1-4H3,(H,39,44)(H,40,46)(H,41,47)/t22-,23?,24-,25-/m0/s1. The van der Waals surface area contributed by atoms with E-state index in [0.29, 0.717) is 5.56 Å². The molecule has 0 radical (unpaired) electrons. The van der Waals surface area contributed by atoms with Gasteiger partial charge in [0, 0.05) is 6.54 Å². The van der Waals surface area contributed by atoms with Gasteiger partial charge < -0.3 is 21.1 Å². The number of hydrazine groups is 1. The molecule has 1 aromatic carbocycles. The van der Waals surface area contributed by atoms with Crippen LogP contribution in [0.2, 0.25) is 0 Å². The number of aliphatic hydroxyl groups excluding tert-OH is 1. The summed E-state index contributed by atoms with van der Waals surface area (Å²) in [6, 6.07) is 3.90. The summed E-state index contributed by atoms with van der Waals surface area (Å²) in [5.41, 5.74) is 3.52. The van der Waals surface area contributed by atoms with Crippen molar-refractivity contribution >= 4 is 23.6 Å². The van der Waals surface area contributed by atoms with Gasteiger partial charge in [-0.3, -0.25) is 24.2 Å². The highest BCUT2D eigenvalue weighted by Gasteiger charge is 2.43. The van der Waals surface area contributed by atoms with Crippen molar-refractivity contribution in [2.75, 3.05) is 13.1 Å². The van der Waals surface area contributed by atoms with E-state index in [4.69, 9.17) is 0 Å². The van der Waals surface area contributed by atoms with Gasteiger partial charge in [0.2, 0.25) is 5.91 Å². The second-order valence-electron chi connectivity index (χ2n) is 12.6. The number of benzene rings is 1. The summed E-state index contributed by atoms with van der Waals surface area (Å²) in [7, 11) is 0. The molecule has 1 aromatic rings. The summed E-state index contributed by atoms with van der Waals surface area (Å²) in [6.45, 7) is 5.38. The molecule has 47 heavy (non-hydrogen) atoms. The van der Waals surface area contributed by atoms with Gasteiger partial charge in [-0.15, -0.1) is 0 Å². The van der Waals surface area contributed by atoms with Gasteiger partial charge in [0.25, 0.3) is 5.91 Å². The number of aliphatic hydroxyl groups is 1. The van der Waals surface area contributed by atoms with Crippen molar-refractivity contribution in [2.45, 2.75) is 103 Å². The Bertz CT molecular complexity index is 1180. The van der Waals surface area contributed by atoms with Crippen LogP contribution in [0.1, 0.15) is 65.4 Å². The molecule has 266 valence electrons. The molecule has 1 saturated carbocycles. The predicted octanol–water partition coefficient (Wildman–Crippen LogP) is 3.39. The van der Waals surface area contributed by atoms with Crippen molar-refractivity contribution in [3.05, 3.63) is 35.9 Å². The van der Waals surface area contributed by atoms with E-state index in [2.05, 4.69) is 10.7 Å². The molecule has 0 heterocycles. The first kappa shape index (κ1) is 39.8. The summed E-state index contributed by atoms with van der Waals surface area (Å²) < 4.78 is 78.3. The minimum absolute atomic E-state index is 0.0607. The molecule has 4 atom stereocenters. The van der Waals surface area contributed by atoms with Crippen LogP contribution in [0.4, 0.5) is 26.3 Å². The third-order valence-electron chi connectivity index (χ3n) is 7.99. The predicted molar refractivity (Wildman–Crippen MR) is 160 cm³/mol. The van der Waals surface area contributed by atoms with Gasteiger partial charge in [-0.25, -0.2) is 5.43 Å². The van der Waals surface area contributed by atoms with E-state index in [-0.39, 0.29) is 18.9 Å². The average molecular weight is 682 g/mol. The molecule has 16 heteroatoms. The van der Waals surface area contributed by atoms with Crippen LogP contribution < -0.4 is 21.4 Å². The van der Waals surface area contributed by atoms with Gasteiger partial charge in [0.15, 0.2) is 0 Å². The lowest BCUT2D eigenvalue weighted by Crippen LogP contribution is -2.61. The third-order valence-corrected chi connectivity index (χ3v) is 7.99. The van der Waals surface area contributed by atoms with Gasteiger partial charge in [-0.1, -0.05) is 77.3 Å². The van der Waals surface area contributed by atoms with Crippen molar-refractivity contribution in [2.24, 2.45) is 17.8 Å². The number of halogens is 6. The van der Waals surface area contributed by atoms with E-state index in [1.165, 1.54) is 27.7 Å². The summed E-state index contributed by atoms with van der Waals surface area (Å²) >= 11 is 0. The van der Waals surface area contributed by atoms with Crippen LogP contribution >= 0.6 is 0 Å². The average Bonchev–Trinajstić information content (AvgIpc) is 2.99. The Balaban J connectivity index is 2.40. The summed E-state index contributed by atoms with van der Waals surface area (Å²) in [5.74, 6) is -8.09. The molecule has 1 unspecified atom stereocenters. The molecular formula is C31H45F6N5O5. The monoisotopic (exact) mass is 681 g/mol. The highest BCUT2D eigenvalue weighted by atomic mass is 19.4. The van der Waals surface area contributed by atoms with E-state index in [0.717, 1.165) is 37.1 Å². The molecule has 0 saturated heterocycles. The van der Waals surface area contributed by atoms with Gasteiger partial charge in [-0.05, 0) is 42.6 Å². The quantitative estimate of drug-likeness (QED) is 0.142. The first-order valence-corrected chi connectivity index (χ1v) is 15.6. The lowest BCUT2D eigenvalue weighted by molar-refractivity contribution is -0.175. The third kappa shape index (κ3) is 13.0. The van der Waals surface area contributed by atoms with Crippen molar-refractivity contribution in [1.82, 2.24) is 26.4 Å². The normalized spacial score (nSPS) is 17.0. The molecule has 0 aliphatic heterocycles. The van der Waals surface area contributed by atoms with E-state index < -0.39 is 78.6 Å². The first-order valence-electron chi connectivity index (χ1n) is 15.6. The smallest absolute Gasteiger partial charge is 0.389 e. The minimum atomic E-state index is -5.26. The lowest BCUT2D eigenvalue weighted by atomic mass is 9.89. The van der Waals surface area contributed by atoms with Crippen molar-refractivity contribution in [3.8, 4) is 0 Å². The van der Waals surface area contributed by atoms with Crippen LogP contribution in [0.5, 0.6) is 0 Å². The van der Waals surface area contributed by atoms with Crippen LogP contribution in [0.15, 0.2) is 30.3 Å². The number of carbonyl (C=O) groups is 4. The fourth-order valence-electron chi connectivity index (χ4n) is 5.26. The summed E-state index contributed by atoms with van der Waals surface area (Å²) in [5, 5.41) is 18.3. The molecule has 2 rings (SSSR count). The zero-order valence-electron chi connectivity index (χ0n) is 26.9. The molecule has 1 aliphatic carbocycles. The second kappa shape index (κ2) is 17.7. The van der Waals surface area contributed by atoms with Crippen molar-refractivity contribution < 1.29 is 50.6 Å². The van der Waals surface area contributed by atoms with Crippen LogP contribution in [-0.4, -0.2) is 83.4 Å². The molecule has 10 nitrogen and oxygen atoms in total. The number of carbonyl (C=O) groups excluding carboxylic acids is 4. The van der Waals surface area contributed by atoms with Crippen LogP contribution in [-0.2, 0) is 25.6 Å². The number of nitrogens with zero attached hydrogens (tertiary/aromatic N) is 1.